The topological polar surface area (TPSA) is 84.9 Å². The van der Waals surface area contributed by atoms with E-state index < -0.39 is 10.0 Å². The minimum absolute atomic E-state index is 0.133. The van der Waals surface area contributed by atoms with Crippen molar-refractivity contribution in [3.05, 3.63) is 58.7 Å². The summed E-state index contributed by atoms with van der Waals surface area (Å²) in [7, 11) is -3.52. The van der Waals surface area contributed by atoms with Gasteiger partial charge in [0.25, 0.3) is 5.91 Å². The predicted molar refractivity (Wildman–Crippen MR) is 115 cm³/mol. The van der Waals surface area contributed by atoms with Crippen molar-refractivity contribution in [3.8, 4) is 5.75 Å². The van der Waals surface area contributed by atoms with Crippen LogP contribution in [0.5, 0.6) is 5.75 Å². The molecule has 162 valence electrons. The highest BCUT2D eigenvalue weighted by molar-refractivity contribution is 7.89. The van der Waals surface area contributed by atoms with Crippen LogP contribution in [-0.2, 0) is 14.8 Å². The van der Waals surface area contributed by atoms with Crippen LogP contribution < -0.4 is 10.1 Å². The summed E-state index contributed by atoms with van der Waals surface area (Å²) >= 11 is 0. The molecule has 0 radical (unpaired) electrons. The van der Waals surface area contributed by atoms with Crippen molar-refractivity contribution in [2.45, 2.75) is 25.7 Å². The number of carbonyl (C=O) groups excluding carboxylic acids is 1. The molecule has 3 rings (SSSR count). The average molecular weight is 433 g/mol. The van der Waals surface area contributed by atoms with Crippen LogP contribution in [0.15, 0.2) is 41.3 Å². The lowest BCUT2D eigenvalue weighted by atomic mass is 10.0. The molecule has 1 fully saturated rings. The molecule has 30 heavy (non-hydrogen) atoms. The number of nitrogens with zero attached hydrogens (tertiary/aromatic N) is 1. The molecule has 0 aromatic heterocycles. The summed E-state index contributed by atoms with van der Waals surface area (Å²) in [6.45, 7) is 8.10. The van der Waals surface area contributed by atoms with Crippen molar-refractivity contribution < 1.29 is 22.7 Å². The van der Waals surface area contributed by atoms with Gasteiger partial charge in [-0.2, -0.15) is 4.31 Å². The minimum atomic E-state index is -3.52. The lowest BCUT2D eigenvalue weighted by Gasteiger charge is -2.26. The summed E-state index contributed by atoms with van der Waals surface area (Å²) < 4.78 is 37.5. The molecule has 0 unspecified atom stereocenters. The number of morpholine rings is 1. The van der Waals surface area contributed by atoms with E-state index in [0.717, 1.165) is 16.7 Å². The van der Waals surface area contributed by atoms with E-state index in [1.807, 2.05) is 32.9 Å². The van der Waals surface area contributed by atoms with Crippen LogP contribution >= 0.6 is 0 Å². The van der Waals surface area contributed by atoms with Crippen LogP contribution in [0, 0.1) is 20.8 Å². The van der Waals surface area contributed by atoms with Gasteiger partial charge in [0, 0.05) is 18.7 Å². The van der Waals surface area contributed by atoms with Crippen LogP contribution in [0.25, 0.3) is 0 Å². The van der Waals surface area contributed by atoms with E-state index in [0.29, 0.717) is 44.2 Å². The van der Waals surface area contributed by atoms with Crippen molar-refractivity contribution in [2.24, 2.45) is 0 Å². The average Bonchev–Trinajstić information content (AvgIpc) is 2.74. The van der Waals surface area contributed by atoms with Gasteiger partial charge in [0.2, 0.25) is 10.0 Å². The van der Waals surface area contributed by atoms with Crippen LogP contribution in [-0.4, -0.2) is 58.1 Å². The van der Waals surface area contributed by atoms with Gasteiger partial charge >= 0.3 is 0 Å². The van der Waals surface area contributed by atoms with Crippen molar-refractivity contribution in [1.29, 1.82) is 0 Å². The first-order valence-corrected chi connectivity index (χ1v) is 11.4. The smallest absolute Gasteiger partial charge is 0.251 e. The van der Waals surface area contributed by atoms with E-state index >= 15 is 0 Å². The van der Waals surface area contributed by atoms with Gasteiger partial charge in [-0.25, -0.2) is 8.42 Å². The first kappa shape index (κ1) is 22.3. The van der Waals surface area contributed by atoms with Gasteiger partial charge in [0.1, 0.15) is 12.4 Å². The van der Waals surface area contributed by atoms with Gasteiger partial charge < -0.3 is 14.8 Å². The Morgan fingerprint density at radius 1 is 1.03 bits per heavy atom. The SMILES string of the molecule is Cc1cc(C)c(C(=O)NCCOc2ccc(S(=O)(=O)N3CCOCC3)cc2)cc1C. The van der Waals surface area contributed by atoms with Gasteiger partial charge in [-0.1, -0.05) is 6.07 Å². The summed E-state index contributed by atoms with van der Waals surface area (Å²) in [5.74, 6) is 0.415. The summed E-state index contributed by atoms with van der Waals surface area (Å²) in [4.78, 5) is 12.6. The molecular formula is C22H28N2O5S. The zero-order valence-corrected chi connectivity index (χ0v) is 18.4. The molecule has 1 heterocycles. The highest BCUT2D eigenvalue weighted by Crippen LogP contribution is 2.20. The van der Waals surface area contributed by atoms with Gasteiger partial charge in [-0.3, -0.25) is 4.79 Å². The van der Waals surface area contributed by atoms with Gasteiger partial charge in [0.15, 0.2) is 0 Å². The number of nitrogens with one attached hydrogen (secondary N) is 1. The summed E-state index contributed by atoms with van der Waals surface area (Å²) in [5, 5.41) is 2.86. The Kier molecular flexibility index (Phi) is 7.12. The van der Waals surface area contributed by atoms with Gasteiger partial charge in [-0.05, 0) is 67.8 Å². The van der Waals surface area contributed by atoms with E-state index in [9.17, 15) is 13.2 Å². The normalized spacial score (nSPS) is 15.0. The highest BCUT2D eigenvalue weighted by Gasteiger charge is 2.26. The molecule has 2 aromatic carbocycles. The maximum atomic E-state index is 12.6. The van der Waals surface area contributed by atoms with E-state index in [1.165, 1.54) is 16.4 Å². The zero-order chi connectivity index (χ0) is 21.7. The number of benzene rings is 2. The number of aryl methyl sites for hydroxylation is 3. The number of rotatable bonds is 7. The van der Waals surface area contributed by atoms with E-state index in [4.69, 9.17) is 9.47 Å². The molecule has 1 aliphatic heterocycles. The van der Waals surface area contributed by atoms with Crippen LogP contribution in [0.2, 0.25) is 0 Å². The van der Waals surface area contributed by atoms with Crippen LogP contribution in [0.1, 0.15) is 27.0 Å². The molecule has 1 aliphatic rings. The van der Waals surface area contributed by atoms with Crippen LogP contribution in [0.3, 0.4) is 0 Å². The summed E-state index contributed by atoms with van der Waals surface area (Å²) in [6, 6.07) is 10.2. The molecule has 0 bridgehead atoms. The second kappa shape index (κ2) is 9.59. The number of hydrogen-bond donors (Lipinski definition) is 1. The van der Waals surface area contributed by atoms with Crippen molar-refractivity contribution >= 4 is 15.9 Å². The number of ether oxygens (including phenoxy) is 2. The molecule has 2 aromatic rings. The monoisotopic (exact) mass is 432 g/mol. The Balaban J connectivity index is 1.51. The number of sulfonamides is 1. The fourth-order valence-corrected chi connectivity index (χ4v) is 4.69. The second-order valence-electron chi connectivity index (χ2n) is 7.34. The van der Waals surface area contributed by atoms with Gasteiger partial charge in [0.05, 0.1) is 24.7 Å². The van der Waals surface area contributed by atoms with Crippen molar-refractivity contribution in [3.63, 3.8) is 0 Å². The van der Waals surface area contributed by atoms with Crippen LogP contribution in [0.4, 0.5) is 0 Å². The third-order valence-electron chi connectivity index (χ3n) is 5.17. The molecule has 1 amide bonds. The van der Waals surface area contributed by atoms with Crippen molar-refractivity contribution in [2.75, 3.05) is 39.5 Å². The predicted octanol–water partition coefficient (Wildman–Crippen LogP) is 2.44. The molecule has 1 saturated heterocycles. The Bertz CT molecular complexity index is 997. The molecule has 0 aliphatic carbocycles. The Labute approximate surface area is 178 Å². The summed E-state index contributed by atoms with van der Waals surface area (Å²) in [6.07, 6.45) is 0. The molecule has 0 saturated carbocycles. The minimum Gasteiger partial charge on any atom is -0.492 e. The largest absolute Gasteiger partial charge is 0.492 e. The summed E-state index contributed by atoms with van der Waals surface area (Å²) in [5.41, 5.74) is 3.84. The standard InChI is InChI=1S/C22H28N2O5S/c1-16-14-18(3)21(15-17(16)2)22(25)23-8-11-29-19-4-6-20(7-5-19)30(26,27)24-9-12-28-13-10-24/h4-7,14-15H,8-13H2,1-3H3,(H,23,25). The Hall–Kier alpha value is -2.42. The molecule has 0 atom stereocenters. The van der Waals surface area contributed by atoms with Gasteiger partial charge in [-0.15, -0.1) is 0 Å². The third-order valence-corrected chi connectivity index (χ3v) is 7.09. The highest BCUT2D eigenvalue weighted by atomic mass is 32.2. The number of amides is 1. The first-order valence-electron chi connectivity index (χ1n) is 9.96. The van der Waals surface area contributed by atoms with E-state index in [1.54, 1.807) is 12.1 Å². The quantitative estimate of drug-likeness (QED) is 0.680. The molecule has 8 heteroatoms. The maximum absolute atomic E-state index is 12.6. The molecule has 7 nitrogen and oxygen atoms in total. The van der Waals surface area contributed by atoms with E-state index in [-0.39, 0.29) is 17.4 Å². The lowest BCUT2D eigenvalue weighted by Crippen LogP contribution is -2.40. The molecular weight excluding hydrogens is 404 g/mol. The Morgan fingerprint density at radius 3 is 2.33 bits per heavy atom. The zero-order valence-electron chi connectivity index (χ0n) is 17.6. The van der Waals surface area contributed by atoms with Crippen molar-refractivity contribution in [1.82, 2.24) is 9.62 Å². The number of hydrogen-bond acceptors (Lipinski definition) is 5. The lowest BCUT2D eigenvalue weighted by molar-refractivity contribution is 0.0730. The number of carbonyl (C=O) groups is 1. The Morgan fingerprint density at radius 2 is 1.67 bits per heavy atom. The maximum Gasteiger partial charge on any atom is 0.251 e. The first-order chi connectivity index (χ1) is 14.3. The fourth-order valence-electron chi connectivity index (χ4n) is 3.28. The van der Waals surface area contributed by atoms with E-state index in [2.05, 4.69) is 5.32 Å². The fraction of sp³-hybridized carbons (Fsp3) is 0.409. The molecule has 1 N–H and O–H groups in total. The molecule has 0 spiro atoms. The third kappa shape index (κ3) is 5.19. The second-order valence-corrected chi connectivity index (χ2v) is 9.28.